The summed E-state index contributed by atoms with van der Waals surface area (Å²) in [4.78, 5) is 2.49. The van der Waals surface area contributed by atoms with Gasteiger partial charge in [-0.2, -0.15) is 0 Å². The second kappa shape index (κ2) is 4.78. The van der Waals surface area contributed by atoms with Crippen molar-refractivity contribution < 1.29 is 9.47 Å². The second-order valence-electron chi connectivity index (χ2n) is 4.90. The van der Waals surface area contributed by atoms with Crippen molar-refractivity contribution in [3.8, 4) is 0 Å². The van der Waals surface area contributed by atoms with Gasteiger partial charge in [0.05, 0.1) is 19.8 Å². The molecule has 0 amide bonds. The van der Waals surface area contributed by atoms with E-state index in [0.29, 0.717) is 6.04 Å². The Hall–Kier alpha value is -0.160. The monoisotopic (exact) mass is 214 g/mol. The molecule has 0 spiro atoms. The van der Waals surface area contributed by atoms with Gasteiger partial charge in [0.15, 0.2) is 0 Å². The Labute approximate surface area is 91.7 Å². The van der Waals surface area contributed by atoms with Crippen LogP contribution in [0.15, 0.2) is 0 Å². The molecule has 2 unspecified atom stereocenters. The summed E-state index contributed by atoms with van der Waals surface area (Å²) < 4.78 is 10.9. The molecule has 0 aromatic carbocycles. The lowest BCUT2D eigenvalue weighted by molar-refractivity contribution is -0.0207. The highest BCUT2D eigenvalue weighted by Crippen LogP contribution is 2.29. The van der Waals surface area contributed by atoms with Crippen molar-refractivity contribution in [3.63, 3.8) is 0 Å². The summed E-state index contributed by atoms with van der Waals surface area (Å²) in [5.74, 6) is 0. The Balaban J connectivity index is 1.93. The summed E-state index contributed by atoms with van der Waals surface area (Å²) in [6.07, 6.45) is 1.10. The van der Waals surface area contributed by atoms with Crippen molar-refractivity contribution in [2.45, 2.75) is 19.4 Å². The lowest BCUT2D eigenvalue weighted by Crippen LogP contribution is -2.51. The van der Waals surface area contributed by atoms with Crippen LogP contribution in [0, 0.1) is 5.41 Å². The quantitative estimate of drug-likeness (QED) is 0.722. The molecule has 2 N–H and O–H groups in total. The lowest BCUT2D eigenvalue weighted by Gasteiger charge is -2.39. The molecular weight excluding hydrogens is 192 g/mol. The zero-order chi connectivity index (χ0) is 10.7. The minimum atomic E-state index is 0.200. The van der Waals surface area contributed by atoms with Gasteiger partial charge < -0.3 is 15.2 Å². The number of nitrogens with two attached hydrogens (primary N) is 1. The van der Waals surface area contributed by atoms with E-state index in [9.17, 15) is 0 Å². The highest BCUT2D eigenvalue weighted by molar-refractivity contribution is 4.89. The molecule has 2 heterocycles. The molecule has 0 saturated carbocycles. The number of morpholine rings is 1. The maximum absolute atomic E-state index is 5.89. The van der Waals surface area contributed by atoms with Crippen LogP contribution in [0.5, 0.6) is 0 Å². The predicted molar refractivity (Wildman–Crippen MR) is 58.8 cm³/mol. The van der Waals surface area contributed by atoms with Crippen molar-refractivity contribution in [2.24, 2.45) is 11.1 Å². The van der Waals surface area contributed by atoms with Gasteiger partial charge in [-0.15, -0.1) is 0 Å². The van der Waals surface area contributed by atoms with E-state index >= 15 is 0 Å². The van der Waals surface area contributed by atoms with Crippen molar-refractivity contribution in [3.05, 3.63) is 0 Å². The maximum Gasteiger partial charge on any atom is 0.0619 e. The van der Waals surface area contributed by atoms with Crippen LogP contribution < -0.4 is 5.73 Å². The highest BCUT2D eigenvalue weighted by atomic mass is 16.5. The lowest BCUT2D eigenvalue weighted by atomic mass is 9.86. The van der Waals surface area contributed by atoms with Gasteiger partial charge in [-0.25, -0.2) is 0 Å². The van der Waals surface area contributed by atoms with Crippen LogP contribution in [0.3, 0.4) is 0 Å². The van der Waals surface area contributed by atoms with E-state index in [1.807, 2.05) is 0 Å². The molecule has 0 aliphatic carbocycles. The van der Waals surface area contributed by atoms with Crippen LogP contribution in [0.1, 0.15) is 13.3 Å². The fourth-order valence-corrected chi connectivity index (χ4v) is 2.43. The molecule has 4 nitrogen and oxygen atoms in total. The smallest absolute Gasteiger partial charge is 0.0619 e. The summed E-state index contributed by atoms with van der Waals surface area (Å²) in [6.45, 7) is 8.45. The van der Waals surface area contributed by atoms with Gasteiger partial charge in [-0.1, -0.05) is 0 Å². The zero-order valence-electron chi connectivity index (χ0n) is 9.58. The molecule has 2 aliphatic rings. The van der Waals surface area contributed by atoms with Crippen LogP contribution in [-0.4, -0.2) is 57.0 Å². The van der Waals surface area contributed by atoms with Gasteiger partial charge in [0.2, 0.25) is 0 Å². The van der Waals surface area contributed by atoms with Crippen LogP contribution in [0.2, 0.25) is 0 Å². The van der Waals surface area contributed by atoms with Gasteiger partial charge >= 0.3 is 0 Å². The predicted octanol–water partition coefficient (Wildman–Crippen LogP) is 0.0725. The van der Waals surface area contributed by atoms with E-state index in [2.05, 4.69) is 11.8 Å². The van der Waals surface area contributed by atoms with E-state index in [1.54, 1.807) is 0 Å². The Morgan fingerprint density at radius 3 is 2.87 bits per heavy atom. The summed E-state index contributed by atoms with van der Waals surface area (Å²) in [5, 5.41) is 0. The van der Waals surface area contributed by atoms with E-state index in [4.69, 9.17) is 15.2 Å². The number of rotatable bonds is 3. The number of hydrogen-bond donors (Lipinski definition) is 1. The molecule has 2 aliphatic heterocycles. The first-order valence-electron chi connectivity index (χ1n) is 5.85. The molecule has 0 aromatic heterocycles. The van der Waals surface area contributed by atoms with Crippen molar-refractivity contribution in [1.29, 1.82) is 0 Å². The Bertz CT molecular complexity index is 205. The molecule has 2 rings (SSSR count). The van der Waals surface area contributed by atoms with E-state index in [-0.39, 0.29) is 5.41 Å². The fourth-order valence-electron chi connectivity index (χ4n) is 2.43. The molecule has 0 bridgehead atoms. The minimum absolute atomic E-state index is 0.200. The van der Waals surface area contributed by atoms with Crippen molar-refractivity contribution in [2.75, 3.05) is 46.1 Å². The summed E-state index contributed by atoms with van der Waals surface area (Å²) >= 11 is 0. The van der Waals surface area contributed by atoms with Crippen molar-refractivity contribution in [1.82, 2.24) is 4.90 Å². The minimum Gasteiger partial charge on any atom is -0.381 e. The standard InChI is InChI=1S/C11H22N2O2/c1-10-6-14-5-3-13(10)8-11(7-12)2-4-15-9-11/h10H,2-9,12H2,1H3. The molecule has 2 fully saturated rings. The number of hydrogen-bond acceptors (Lipinski definition) is 4. The van der Waals surface area contributed by atoms with Gasteiger partial charge in [-0.3, -0.25) is 4.90 Å². The Kier molecular flexibility index (Phi) is 3.61. The molecule has 4 heteroatoms. The molecule has 88 valence electrons. The van der Waals surface area contributed by atoms with E-state index in [0.717, 1.165) is 52.5 Å². The summed E-state index contributed by atoms with van der Waals surface area (Å²) in [7, 11) is 0. The molecule has 0 radical (unpaired) electrons. The normalized spacial score (nSPS) is 38.4. The van der Waals surface area contributed by atoms with E-state index < -0.39 is 0 Å². The van der Waals surface area contributed by atoms with Gasteiger partial charge in [0.25, 0.3) is 0 Å². The highest BCUT2D eigenvalue weighted by Gasteiger charge is 2.36. The van der Waals surface area contributed by atoms with E-state index in [1.165, 1.54) is 0 Å². The maximum atomic E-state index is 5.89. The second-order valence-corrected chi connectivity index (χ2v) is 4.90. The summed E-state index contributed by atoms with van der Waals surface area (Å²) in [5.41, 5.74) is 6.09. The first kappa shape index (κ1) is 11.3. The van der Waals surface area contributed by atoms with Crippen LogP contribution in [-0.2, 0) is 9.47 Å². The molecule has 2 atom stereocenters. The van der Waals surface area contributed by atoms with Gasteiger partial charge in [-0.05, 0) is 13.3 Å². The topological polar surface area (TPSA) is 47.7 Å². The number of nitrogens with zero attached hydrogens (tertiary/aromatic N) is 1. The average Bonchev–Trinajstić information content (AvgIpc) is 2.71. The third-order valence-electron chi connectivity index (χ3n) is 3.66. The summed E-state index contributed by atoms with van der Waals surface area (Å²) in [6, 6.07) is 0.516. The molecular formula is C11H22N2O2. The van der Waals surface area contributed by atoms with Crippen LogP contribution in [0.25, 0.3) is 0 Å². The molecule has 0 aromatic rings. The largest absolute Gasteiger partial charge is 0.381 e. The zero-order valence-corrected chi connectivity index (χ0v) is 9.58. The Morgan fingerprint density at radius 1 is 1.40 bits per heavy atom. The first-order chi connectivity index (χ1) is 7.26. The third-order valence-corrected chi connectivity index (χ3v) is 3.66. The third kappa shape index (κ3) is 2.50. The molecule has 15 heavy (non-hydrogen) atoms. The fraction of sp³-hybridized carbons (Fsp3) is 1.00. The first-order valence-corrected chi connectivity index (χ1v) is 5.85. The van der Waals surface area contributed by atoms with Gasteiger partial charge in [0, 0.05) is 37.7 Å². The van der Waals surface area contributed by atoms with Crippen LogP contribution >= 0.6 is 0 Å². The number of ether oxygens (including phenoxy) is 2. The Morgan fingerprint density at radius 2 is 2.27 bits per heavy atom. The average molecular weight is 214 g/mol. The van der Waals surface area contributed by atoms with Crippen LogP contribution in [0.4, 0.5) is 0 Å². The SMILES string of the molecule is CC1COCCN1CC1(CN)CCOC1. The van der Waals surface area contributed by atoms with Crippen molar-refractivity contribution >= 4 is 0 Å². The van der Waals surface area contributed by atoms with Gasteiger partial charge in [0.1, 0.15) is 0 Å². The molecule has 2 saturated heterocycles.